The Kier molecular flexibility index (Phi) is 6.85. The Morgan fingerprint density at radius 2 is 1.94 bits per heavy atom. The van der Waals surface area contributed by atoms with Crippen molar-refractivity contribution in [2.24, 2.45) is 0 Å². The van der Waals surface area contributed by atoms with Crippen LogP contribution in [0.1, 0.15) is 52.5 Å². The van der Waals surface area contributed by atoms with Crippen LogP contribution in [0.4, 0.5) is 0 Å². The number of hydrogen-bond donors (Lipinski definition) is 1. The molecule has 7 heteroatoms. The quantitative estimate of drug-likeness (QED) is 0.526. The molecule has 0 bridgehead atoms. The van der Waals surface area contributed by atoms with E-state index in [1.165, 1.54) is 0 Å². The van der Waals surface area contributed by atoms with Gasteiger partial charge in [-0.2, -0.15) is 0 Å². The van der Waals surface area contributed by atoms with Crippen molar-refractivity contribution in [3.05, 3.63) is 89.4 Å². The molecule has 1 aliphatic heterocycles. The van der Waals surface area contributed by atoms with Crippen molar-refractivity contribution in [2.75, 3.05) is 12.4 Å². The second-order valence-electron chi connectivity index (χ2n) is 7.58. The summed E-state index contributed by atoms with van der Waals surface area (Å²) >= 11 is 1.58. The van der Waals surface area contributed by atoms with E-state index >= 15 is 0 Å². The van der Waals surface area contributed by atoms with Crippen LogP contribution in [0.15, 0.2) is 71.3 Å². The van der Waals surface area contributed by atoms with Gasteiger partial charge < -0.3 is 19.4 Å². The van der Waals surface area contributed by atoms with Crippen LogP contribution in [0.2, 0.25) is 0 Å². The summed E-state index contributed by atoms with van der Waals surface area (Å²) in [6, 6.07) is 18.7. The number of thioether (sulfide) groups is 1. The Hall–Kier alpha value is -3.19. The Labute approximate surface area is 191 Å². The van der Waals surface area contributed by atoms with Crippen molar-refractivity contribution in [1.29, 1.82) is 0 Å². The van der Waals surface area contributed by atoms with E-state index in [0.717, 1.165) is 22.6 Å². The zero-order chi connectivity index (χ0) is 22.5. The molecule has 1 N–H and O–H groups in total. The molecule has 32 heavy (non-hydrogen) atoms. The molecule has 4 rings (SSSR count). The van der Waals surface area contributed by atoms with Gasteiger partial charge in [-0.15, -0.1) is 11.8 Å². The molecule has 0 radical (unpaired) electrons. The number of rotatable bonds is 8. The fraction of sp³-hybridized carbons (Fsp3) is 0.280. The van der Waals surface area contributed by atoms with Crippen LogP contribution in [-0.4, -0.2) is 29.1 Å². The maximum atomic E-state index is 12.7. The van der Waals surface area contributed by atoms with Crippen molar-refractivity contribution in [2.45, 2.75) is 31.8 Å². The number of hydrogen-bond acceptors (Lipinski definition) is 5. The molecule has 2 heterocycles. The van der Waals surface area contributed by atoms with Crippen LogP contribution in [0, 0.1) is 0 Å². The highest BCUT2D eigenvalue weighted by Crippen LogP contribution is 2.39. The SMILES string of the molecule is CCOc1ccc([C@H](C)NC(=O)c2ccc([C@@H]3SCC(=O)N3Cc3ccco3)cc2)cc1. The molecule has 2 amide bonds. The monoisotopic (exact) mass is 450 g/mol. The molecular weight excluding hydrogens is 424 g/mol. The summed E-state index contributed by atoms with van der Waals surface area (Å²) in [5.74, 6) is 1.95. The predicted molar refractivity (Wildman–Crippen MR) is 124 cm³/mol. The number of carbonyl (C=O) groups excluding carboxylic acids is 2. The third-order valence-electron chi connectivity index (χ3n) is 5.37. The Balaban J connectivity index is 1.40. The van der Waals surface area contributed by atoms with E-state index in [4.69, 9.17) is 9.15 Å². The lowest BCUT2D eigenvalue weighted by Crippen LogP contribution is -2.28. The van der Waals surface area contributed by atoms with E-state index in [0.29, 0.717) is 24.5 Å². The summed E-state index contributed by atoms with van der Waals surface area (Å²) in [5.41, 5.74) is 2.58. The molecular formula is C25H26N2O4S. The van der Waals surface area contributed by atoms with E-state index in [9.17, 15) is 9.59 Å². The van der Waals surface area contributed by atoms with Crippen LogP contribution in [0.3, 0.4) is 0 Å². The smallest absolute Gasteiger partial charge is 0.251 e. The standard InChI is InChI=1S/C25H26N2O4S/c1-3-30-21-12-10-18(11-13-21)17(2)26-24(29)19-6-8-20(9-7-19)25-27(23(28)16-32-25)15-22-5-4-14-31-22/h4-14,17,25H,3,15-16H2,1-2H3,(H,26,29)/t17-,25-/m0/s1. The molecule has 3 aromatic rings. The molecule has 2 aromatic carbocycles. The fourth-order valence-electron chi connectivity index (χ4n) is 3.65. The van der Waals surface area contributed by atoms with Gasteiger partial charge in [0.15, 0.2) is 0 Å². The summed E-state index contributed by atoms with van der Waals surface area (Å²) in [4.78, 5) is 26.9. The highest BCUT2D eigenvalue weighted by molar-refractivity contribution is 8.00. The van der Waals surface area contributed by atoms with Crippen LogP contribution < -0.4 is 10.1 Å². The summed E-state index contributed by atoms with van der Waals surface area (Å²) in [6.07, 6.45) is 1.61. The number of ether oxygens (including phenoxy) is 1. The van der Waals surface area contributed by atoms with Crippen LogP contribution in [0.25, 0.3) is 0 Å². The number of carbonyl (C=O) groups is 2. The lowest BCUT2D eigenvalue weighted by Gasteiger charge is -2.23. The number of benzene rings is 2. The van der Waals surface area contributed by atoms with Gasteiger partial charge in [0.05, 0.1) is 31.2 Å². The molecule has 166 valence electrons. The molecule has 1 aromatic heterocycles. The molecule has 0 spiro atoms. The van der Waals surface area contributed by atoms with Gasteiger partial charge in [-0.25, -0.2) is 0 Å². The van der Waals surface area contributed by atoms with Crippen molar-refractivity contribution in [3.8, 4) is 5.75 Å². The molecule has 0 aliphatic carbocycles. The average molecular weight is 451 g/mol. The third-order valence-corrected chi connectivity index (χ3v) is 6.63. The Morgan fingerprint density at radius 3 is 2.59 bits per heavy atom. The third kappa shape index (κ3) is 4.99. The first-order chi connectivity index (χ1) is 15.5. The maximum absolute atomic E-state index is 12.7. The first-order valence-corrected chi connectivity index (χ1v) is 11.7. The Morgan fingerprint density at radius 1 is 1.19 bits per heavy atom. The average Bonchev–Trinajstić information content (AvgIpc) is 3.45. The zero-order valence-corrected chi connectivity index (χ0v) is 18.9. The molecule has 1 aliphatic rings. The summed E-state index contributed by atoms with van der Waals surface area (Å²) in [6.45, 7) is 4.96. The largest absolute Gasteiger partial charge is 0.494 e. The van der Waals surface area contributed by atoms with Gasteiger partial charge in [0.1, 0.15) is 16.9 Å². The van der Waals surface area contributed by atoms with Crippen molar-refractivity contribution < 1.29 is 18.7 Å². The van der Waals surface area contributed by atoms with Crippen LogP contribution in [-0.2, 0) is 11.3 Å². The molecule has 0 unspecified atom stereocenters. The Bertz CT molecular complexity index is 1050. The highest BCUT2D eigenvalue weighted by atomic mass is 32.2. The van der Waals surface area contributed by atoms with Gasteiger partial charge >= 0.3 is 0 Å². The molecule has 1 fully saturated rings. The highest BCUT2D eigenvalue weighted by Gasteiger charge is 2.33. The zero-order valence-electron chi connectivity index (χ0n) is 18.1. The van der Waals surface area contributed by atoms with Gasteiger partial charge in [-0.3, -0.25) is 9.59 Å². The van der Waals surface area contributed by atoms with Gasteiger partial charge in [0.2, 0.25) is 5.91 Å². The van der Waals surface area contributed by atoms with E-state index in [1.54, 1.807) is 18.0 Å². The van der Waals surface area contributed by atoms with Crippen molar-refractivity contribution >= 4 is 23.6 Å². The topological polar surface area (TPSA) is 71.8 Å². The van der Waals surface area contributed by atoms with Gasteiger partial charge in [-0.1, -0.05) is 24.3 Å². The molecule has 2 atom stereocenters. The van der Waals surface area contributed by atoms with Crippen LogP contribution >= 0.6 is 11.8 Å². The molecule has 1 saturated heterocycles. The minimum Gasteiger partial charge on any atom is -0.494 e. The first kappa shape index (κ1) is 22.0. The minimum absolute atomic E-state index is 0.0856. The predicted octanol–water partition coefficient (Wildman–Crippen LogP) is 4.94. The van der Waals surface area contributed by atoms with E-state index in [-0.39, 0.29) is 23.2 Å². The lowest BCUT2D eigenvalue weighted by molar-refractivity contribution is -0.128. The van der Waals surface area contributed by atoms with Crippen molar-refractivity contribution in [3.63, 3.8) is 0 Å². The molecule has 6 nitrogen and oxygen atoms in total. The number of nitrogens with one attached hydrogen (secondary N) is 1. The van der Waals surface area contributed by atoms with Gasteiger partial charge in [0, 0.05) is 5.56 Å². The first-order valence-electron chi connectivity index (χ1n) is 10.6. The summed E-state index contributed by atoms with van der Waals surface area (Å²) < 4.78 is 10.9. The molecule has 0 saturated carbocycles. The lowest BCUT2D eigenvalue weighted by atomic mass is 10.1. The second kappa shape index (κ2) is 9.96. The summed E-state index contributed by atoms with van der Waals surface area (Å²) in [7, 11) is 0. The van der Waals surface area contributed by atoms with E-state index in [2.05, 4.69) is 5.32 Å². The maximum Gasteiger partial charge on any atom is 0.251 e. The number of furan rings is 1. The van der Waals surface area contributed by atoms with Gasteiger partial charge in [-0.05, 0) is 61.4 Å². The minimum atomic E-state index is -0.138. The second-order valence-corrected chi connectivity index (χ2v) is 8.65. The fourth-order valence-corrected chi connectivity index (χ4v) is 4.84. The van der Waals surface area contributed by atoms with Gasteiger partial charge in [0.25, 0.3) is 5.91 Å². The number of amides is 2. The van der Waals surface area contributed by atoms with Crippen LogP contribution in [0.5, 0.6) is 5.75 Å². The van der Waals surface area contributed by atoms with E-state index in [1.807, 2.05) is 79.4 Å². The van der Waals surface area contributed by atoms with Crippen molar-refractivity contribution in [1.82, 2.24) is 10.2 Å². The van der Waals surface area contributed by atoms with E-state index < -0.39 is 0 Å². The summed E-state index contributed by atoms with van der Waals surface area (Å²) in [5, 5.41) is 2.95. The normalized spacial score (nSPS) is 16.8. The number of nitrogens with zero attached hydrogens (tertiary/aromatic N) is 1.